The number of carbonyl (C=O) groups is 1. The fourth-order valence-corrected chi connectivity index (χ4v) is 3.64. The van der Waals surface area contributed by atoms with Crippen LogP contribution < -0.4 is 0 Å². The van der Waals surface area contributed by atoms with Gasteiger partial charge >= 0.3 is 0 Å². The summed E-state index contributed by atoms with van der Waals surface area (Å²) in [6, 6.07) is 4.82. The van der Waals surface area contributed by atoms with Gasteiger partial charge in [-0.05, 0) is 24.7 Å². The van der Waals surface area contributed by atoms with E-state index in [1.54, 1.807) is 17.0 Å². The van der Waals surface area contributed by atoms with E-state index in [1.165, 1.54) is 6.07 Å². The maximum absolute atomic E-state index is 12.5. The third kappa shape index (κ3) is 3.83. The third-order valence-corrected chi connectivity index (χ3v) is 5.29. The molecule has 132 valence electrons. The highest BCUT2D eigenvalue weighted by Gasteiger charge is 2.38. The predicted octanol–water partition coefficient (Wildman–Crippen LogP) is 0.407. The summed E-state index contributed by atoms with van der Waals surface area (Å²) in [4.78, 5) is 18.8. The van der Waals surface area contributed by atoms with Crippen LogP contribution in [0.25, 0.3) is 0 Å². The number of nitrogens with zero attached hydrogens (tertiary/aromatic N) is 3. The van der Waals surface area contributed by atoms with Gasteiger partial charge in [-0.25, -0.2) is 0 Å². The summed E-state index contributed by atoms with van der Waals surface area (Å²) in [5.41, 5.74) is 0.764. The van der Waals surface area contributed by atoms with Crippen LogP contribution in [0.4, 0.5) is 0 Å². The van der Waals surface area contributed by atoms with Gasteiger partial charge in [-0.15, -0.1) is 0 Å². The molecule has 0 unspecified atom stereocenters. The number of carbonyl (C=O) groups excluding carboxylic acids is 1. The monoisotopic (exact) mass is 353 g/mol. The standard InChI is InChI=1S/C17H24ClN3O3/c1-19-4-6-20(7-5-19)14-10-21(11-16(14)23)17(24)9-12-2-3-15(22)13(18)8-12/h2-3,8,14,16,22-23H,4-7,9-11H2,1H3/t14-,16-/m1/s1. The highest BCUT2D eigenvalue weighted by atomic mass is 35.5. The number of halogens is 1. The zero-order chi connectivity index (χ0) is 17.3. The molecule has 2 aliphatic rings. The van der Waals surface area contributed by atoms with Gasteiger partial charge in [0.15, 0.2) is 0 Å². The van der Waals surface area contributed by atoms with Gasteiger partial charge in [0.05, 0.1) is 23.6 Å². The van der Waals surface area contributed by atoms with Gasteiger partial charge in [0, 0.05) is 39.3 Å². The van der Waals surface area contributed by atoms with E-state index in [-0.39, 0.29) is 29.1 Å². The van der Waals surface area contributed by atoms with Crippen LogP contribution in [0.2, 0.25) is 5.02 Å². The number of hydrogen-bond acceptors (Lipinski definition) is 5. The molecule has 2 aliphatic heterocycles. The zero-order valence-corrected chi connectivity index (χ0v) is 14.6. The Bertz CT molecular complexity index is 605. The Labute approximate surface area is 147 Å². The summed E-state index contributed by atoms with van der Waals surface area (Å²) in [6.45, 7) is 4.77. The number of aliphatic hydroxyl groups is 1. The maximum atomic E-state index is 12.5. The molecule has 2 heterocycles. The fourth-order valence-electron chi connectivity index (χ4n) is 3.43. The summed E-state index contributed by atoms with van der Waals surface area (Å²) >= 11 is 5.89. The number of rotatable bonds is 3. The lowest BCUT2D eigenvalue weighted by atomic mass is 10.1. The first-order chi connectivity index (χ1) is 11.4. The molecule has 3 rings (SSSR count). The average Bonchev–Trinajstić information content (AvgIpc) is 2.94. The topological polar surface area (TPSA) is 67.2 Å². The molecule has 2 N–H and O–H groups in total. The van der Waals surface area contributed by atoms with Gasteiger partial charge in [-0.2, -0.15) is 0 Å². The summed E-state index contributed by atoms with van der Waals surface area (Å²) in [7, 11) is 2.10. The van der Waals surface area contributed by atoms with E-state index in [2.05, 4.69) is 16.8 Å². The largest absolute Gasteiger partial charge is 0.506 e. The SMILES string of the molecule is CN1CCN([C@@H]2CN(C(=O)Cc3ccc(O)c(Cl)c3)C[C@H]2O)CC1. The quantitative estimate of drug-likeness (QED) is 0.823. The number of benzene rings is 1. The molecule has 24 heavy (non-hydrogen) atoms. The molecule has 6 nitrogen and oxygen atoms in total. The van der Waals surface area contributed by atoms with Crippen LogP contribution in [0.15, 0.2) is 18.2 Å². The fraction of sp³-hybridized carbons (Fsp3) is 0.588. The van der Waals surface area contributed by atoms with Crippen LogP contribution in [-0.4, -0.2) is 89.3 Å². The van der Waals surface area contributed by atoms with Crippen molar-refractivity contribution in [2.75, 3.05) is 46.3 Å². The molecule has 0 aliphatic carbocycles. The van der Waals surface area contributed by atoms with Crippen molar-refractivity contribution in [2.45, 2.75) is 18.6 Å². The molecule has 0 spiro atoms. The van der Waals surface area contributed by atoms with Gasteiger partial charge in [-0.3, -0.25) is 9.69 Å². The first-order valence-electron chi connectivity index (χ1n) is 8.30. The normalized spacial score (nSPS) is 26.0. The highest BCUT2D eigenvalue weighted by Crippen LogP contribution is 2.25. The van der Waals surface area contributed by atoms with E-state index in [0.717, 1.165) is 31.7 Å². The van der Waals surface area contributed by atoms with Gasteiger partial charge in [0.2, 0.25) is 5.91 Å². The molecule has 0 radical (unpaired) electrons. The number of amides is 1. The number of phenols is 1. The van der Waals surface area contributed by atoms with Gasteiger partial charge in [-0.1, -0.05) is 17.7 Å². The van der Waals surface area contributed by atoms with Crippen LogP contribution in [0.3, 0.4) is 0 Å². The summed E-state index contributed by atoms with van der Waals surface area (Å²) in [6.07, 6.45) is -0.275. The van der Waals surface area contributed by atoms with Crippen LogP contribution in [0, 0.1) is 0 Å². The van der Waals surface area contributed by atoms with Crippen molar-refractivity contribution >= 4 is 17.5 Å². The lowest BCUT2D eigenvalue weighted by Gasteiger charge is -2.37. The predicted molar refractivity (Wildman–Crippen MR) is 92.3 cm³/mol. The number of phenolic OH excluding ortho intramolecular Hbond substituents is 1. The minimum Gasteiger partial charge on any atom is -0.506 e. The zero-order valence-electron chi connectivity index (χ0n) is 13.9. The van der Waals surface area contributed by atoms with Crippen molar-refractivity contribution in [1.29, 1.82) is 0 Å². The molecule has 1 aromatic rings. The molecule has 2 saturated heterocycles. The molecular weight excluding hydrogens is 330 g/mol. The van der Waals surface area contributed by atoms with Crippen molar-refractivity contribution in [3.63, 3.8) is 0 Å². The second-order valence-electron chi connectivity index (χ2n) is 6.74. The van der Waals surface area contributed by atoms with E-state index in [0.29, 0.717) is 13.1 Å². The minimum atomic E-state index is -0.499. The van der Waals surface area contributed by atoms with Crippen molar-refractivity contribution in [1.82, 2.24) is 14.7 Å². The second kappa shape index (κ2) is 7.27. The number of aliphatic hydroxyl groups excluding tert-OH is 1. The second-order valence-corrected chi connectivity index (χ2v) is 7.14. The first-order valence-corrected chi connectivity index (χ1v) is 8.67. The van der Waals surface area contributed by atoms with E-state index in [9.17, 15) is 15.0 Å². The van der Waals surface area contributed by atoms with Crippen LogP contribution in [-0.2, 0) is 11.2 Å². The van der Waals surface area contributed by atoms with E-state index < -0.39 is 6.10 Å². The Morgan fingerprint density at radius 2 is 1.96 bits per heavy atom. The Morgan fingerprint density at radius 1 is 1.25 bits per heavy atom. The highest BCUT2D eigenvalue weighted by molar-refractivity contribution is 6.32. The Morgan fingerprint density at radius 3 is 2.62 bits per heavy atom. The average molecular weight is 354 g/mol. The molecule has 0 saturated carbocycles. The van der Waals surface area contributed by atoms with Gasteiger partial charge in [0.25, 0.3) is 0 Å². The van der Waals surface area contributed by atoms with Crippen LogP contribution in [0.5, 0.6) is 5.75 Å². The van der Waals surface area contributed by atoms with E-state index >= 15 is 0 Å². The van der Waals surface area contributed by atoms with Crippen molar-refractivity contribution < 1.29 is 15.0 Å². The van der Waals surface area contributed by atoms with E-state index in [1.807, 2.05) is 0 Å². The lowest BCUT2D eigenvalue weighted by Crippen LogP contribution is -2.52. The number of hydrogen-bond donors (Lipinski definition) is 2. The third-order valence-electron chi connectivity index (χ3n) is 4.99. The number of piperazine rings is 1. The molecule has 2 fully saturated rings. The molecule has 7 heteroatoms. The van der Waals surface area contributed by atoms with Gasteiger partial charge in [0.1, 0.15) is 5.75 Å². The maximum Gasteiger partial charge on any atom is 0.227 e. The van der Waals surface area contributed by atoms with Crippen molar-refractivity contribution in [3.8, 4) is 5.75 Å². The summed E-state index contributed by atoms with van der Waals surface area (Å²) < 4.78 is 0. The number of β-amino-alcohol motifs (C(OH)–C–C–N with tert-alkyl or cyclic N) is 1. The summed E-state index contributed by atoms with van der Waals surface area (Å²) in [5.74, 6) is -0.00738. The number of likely N-dealkylation sites (N-methyl/N-ethyl adjacent to an activating group) is 1. The molecule has 1 amide bonds. The molecule has 2 atom stereocenters. The Kier molecular flexibility index (Phi) is 5.30. The first kappa shape index (κ1) is 17.5. The molecule has 1 aromatic carbocycles. The smallest absolute Gasteiger partial charge is 0.227 e. The Balaban J connectivity index is 1.59. The van der Waals surface area contributed by atoms with Crippen molar-refractivity contribution in [2.24, 2.45) is 0 Å². The molecule has 0 bridgehead atoms. The Hall–Kier alpha value is -1.34. The van der Waals surface area contributed by atoms with Crippen molar-refractivity contribution in [3.05, 3.63) is 28.8 Å². The van der Waals surface area contributed by atoms with Gasteiger partial charge < -0.3 is 20.0 Å². The lowest BCUT2D eigenvalue weighted by molar-refractivity contribution is -0.129. The number of aromatic hydroxyl groups is 1. The molecule has 0 aromatic heterocycles. The molecular formula is C17H24ClN3O3. The van der Waals surface area contributed by atoms with Crippen LogP contribution in [0.1, 0.15) is 5.56 Å². The minimum absolute atomic E-state index is 0.0135. The van der Waals surface area contributed by atoms with E-state index in [4.69, 9.17) is 11.6 Å². The number of likely N-dealkylation sites (tertiary alicyclic amines) is 1. The van der Waals surface area contributed by atoms with Crippen LogP contribution >= 0.6 is 11.6 Å². The summed E-state index contributed by atoms with van der Waals surface area (Å²) in [5, 5.41) is 20.1.